The van der Waals surface area contributed by atoms with Gasteiger partial charge in [-0.2, -0.15) is 0 Å². The number of hydrogen-bond donors (Lipinski definition) is 1. The summed E-state index contributed by atoms with van der Waals surface area (Å²) in [4.78, 5) is 24.8. The zero-order valence-electron chi connectivity index (χ0n) is 17.2. The highest BCUT2D eigenvalue weighted by Gasteiger charge is 2.10. The van der Waals surface area contributed by atoms with Crippen LogP contribution >= 0.6 is 11.8 Å². The Kier molecular flexibility index (Phi) is 8.86. The van der Waals surface area contributed by atoms with Crippen LogP contribution in [0.2, 0.25) is 0 Å². The highest BCUT2D eigenvalue weighted by Crippen LogP contribution is 2.27. The topological polar surface area (TPSA) is 73.9 Å². The van der Waals surface area contributed by atoms with E-state index in [0.29, 0.717) is 24.5 Å². The summed E-state index contributed by atoms with van der Waals surface area (Å²) in [6.07, 6.45) is 0.628. The Bertz CT molecular complexity index is 853. The molecular weight excluding hydrogens is 390 g/mol. The molecule has 0 saturated carbocycles. The molecule has 2 aromatic carbocycles. The molecule has 2 aromatic rings. The highest BCUT2D eigenvalue weighted by molar-refractivity contribution is 8.00. The normalized spacial score (nSPS) is 10.3. The van der Waals surface area contributed by atoms with Gasteiger partial charge in [0.25, 0.3) is 5.91 Å². The van der Waals surface area contributed by atoms with Crippen LogP contribution in [0.5, 0.6) is 11.5 Å². The van der Waals surface area contributed by atoms with Gasteiger partial charge in [0.2, 0.25) is 0 Å². The number of aryl methyl sites for hydroxylation is 2. The lowest BCUT2D eigenvalue weighted by molar-refractivity contribution is -0.145. The Morgan fingerprint density at radius 2 is 1.76 bits per heavy atom. The quantitative estimate of drug-likeness (QED) is 0.472. The van der Waals surface area contributed by atoms with Gasteiger partial charge >= 0.3 is 5.97 Å². The summed E-state index contributed by atoms with van der Waals surface area (Å²) in [5.74, 6) is 0.737. The molecule has 0 radical (unpaired) electrons. The average molecular weight is 418 g/mol. The van der Waals surface area contributed by atoms with Crippen molar-refractivity contribution < 1.29 is 23.8 Å². The molecule has 0 spiro atoms. The van der Waals surface area contributed by atoms with Gasteiger partial charge in [-0.15, -0.1) is 11.8 Å². The fraction of sp³-hybridized carbons (Fsp3) is 0.364. The van der Waals surface area contributed by atoms with E-state index in [1.165, 1.54) is 17.3 Å². The maximum atomic E-state index is 11.9. The number of amides is 1. The number of esters is 1. The van der Waals surface area contributed by atoms with Crippen molar-refractivity contribution >= 4 is 23.6 Å². The summed E-state index contributed by atoms with van der Waals surface area (Å²) < 4.78 is 15.5. The van der Waals surface area contributed by atoms with Crippen molar-refractivity contribution in [2.24, 2.45) is 0 Å². The minimum atomic E-state index is -0.412. The van der Waals surface area contributed by atoms with Crippen molar-refractivity contribution in [3.05, 3.63) is 53.1 Å². The van der Waals surface area contributed by atoms with Crippen molar-refractivity contribution in [1.29, 1.82) is 0 Å². The fourth-order valence-electron chi connectivity index (χ4n) is 2.72. The number of ether oxygens (including phenoxy) is 3. The van der Waals surface area contributed by atoms with E-state index in [4.69, 9.17) is 14.2 Å². The number of carbonyl (C=O) groups is 2. The van der Waals surface area contributed by atoms with Gasteiger partial charge in [-0.05, 0) is 49.6 Å². The zero-order chi connectivity index (χ0) is 21.2. The Balaban J connectivity index is 1.68. The number of thioether (sulfide) groups is 1. The van der Waals surface area contributed by atoms with Gasteiger partial charge in [0, 0.05) is 11.4 Å². The molecule has 0 bridgehead atoms. The van der Waals surface area contributed by atoms with Gasteiger partial charge in [0.1, 0.15) is 0 Å². The monoisotopic (exact) mass is 417 g/mol. The van der Waals surface area contributed by atoms with E-state index < -0.39 is 5.97 Å². The lowest BCUT2D eigenvalue weighted by Crippen LogP contribution is -2.30. The first-order valence-electron chi connectivity index (χ1n) is 9.26. The van der Waals surface area contributed by atoms with E-state index >= 15 is 0 Å². The predicted octanol–water partition coefficient (Wildman–Crippen LogP) is 3.31. The summed E-state index contributed by atoms with van der Waals surface area (Å²) >= 11 is 1.41. The second-order valence-corrected chi connectivity index (χ2v) is 7.52. The summed E-state index contributed by atoms with van der Waals surface area (Å²) in [6.45, 7) is 4.19. The molecule has 1 N–H and O–H groups in total. The third-order valence-electron chi connectivity index (χ3n) is 4.22. The number of rotatable bonds is 10. The molecule has 0 saturated heterocycles. The Morgan fingerprint density at radius 3 is 2.45 bits per heavy atom. The lowest BCUT2D eigenvalue weighted by Gasteiger charge is -2.10. The molecule has 0 heterocycles. The molecule has 0 aliphatic rings. The van der Waals surface area contributed by atoms with Gasteiger partial charge < -0.3 is 19.5 Å². The molecule has 0 aliphatic carbocycles. The minimum absolute atomic E-state index is 0.169. The molecule has 1 amide bonds. The molecule has 6 nitrogen and oxygen atoms in total. The first-order valence-corrected chi connectivity index (χ1v) is 10.2. The molecule has 0 fully saturated rings. The van der Waals surface area contributed by atoms with Crippen LogP contribution in [0.4, 0.5) is 0 Å². The van der Waals surface area contributed by atoms with Gasteiger partial charge in [-0.3, -0.25) is 9.59 Å². The number of nitrogens with one attached hydrogen (secondary N) is 1. The second kappa shape index (κ2) is 11.4. The molecule has 7 heteroatoms. The summed E-state index contributed by atoms with van der Waals surface area (Å²) in [7, 11) is 3.16. The van der Waals surface area contributed by atoms with E-state index in [1.54, 1.807) is 14.2 Å². The fourth-order valence-corrected chi connectivity index (χ4v) is 3.53. The summed E-state index contributed by atoms with van der Waals surface area (Å²) in [6, 6.07) is 11.7. The van der Waals surface area contributed by atoms with Crippen LogP contribution < -0.4 is 14.8 Å². The van der Waals surface area contributed by atoms with E-state index in [-0.39, 0.29) is 18.3 Å². The number of carbonyl (C=O) groups excluding carboxylic acids is 2. The van der Waals surface area contributed by atoms with Gasteiger partial charge in [-0.1, -0.05) is 23.8 Å². The van der Waals surface area contributed by atoms with Crippen LogP contribution in [-0.2, 0) is 20.7 Å². The smallest absolute Gasteiger partial charge is 0.316 e. The van der Waals surface area contributed by atoms with Crippen LogP contribution in [0.15, 0.2) is 41.3 Å². The number of hydrogen-bond acceptors (Lipinski definition) is 6. The predicted molar refractivity (Wildman–Crippen MR) is 114 cm³/mol. The van der Waals surface area contributed by atoms with Crippen molar-refractivity contribution in [2.75, 3.05) is 33.1 Å². The molecular formula is C22H27NO5S. The first kappa shape index (κ1) is 22.6. The maximum Gasteiger partial charge on any atom is 0.316 e. The van der Waals surface area contributed by atoms with Gasteiger partial charge in [0.05, 0.1) is 20.0 Å². The molecule has 2 rings (SSSR count). The average Bonchev–Trinajstić information content (AvgIpc) is 2.71. The Hall–Kier alpha value is -2.67. The third kappa shape index (κ3) is 7.34. The van der Waals surface area contributed by atoms with Crippen LogP contribution in [0, 0.1) is 13.8 Å². The number of methoxy groups -OCH3 is 2. The molecule has 0 aromatic heterocycles. The summed E-state index contributed by atoms with van der Waals surface area (Å²) in [5.41, 5.74) is 3.31. The highest BCUT2D eigenvalue weighted by atomic mass is 32.2. The Labute approximate surface area is 175 Å². The minimum Gasteiger partial charge on any atom is -0.493 e. The molecule has 0 unspecified atom stereocenters. The number of benzene rings is 2. The SMILES string of the molecule is COc1ccc(CCNC(=O)COC(=O)CSc2ccc(C)cc2C)cc1OC. The van der Waals surface area contributed by atoms with Crippen molar-refractivity contribution in [2.45, 2.75) is 25.2 Å². The van der Waals surface area contributed by atoms with E-state index in [0.717, 1.165) is 16.0 Å². The van der Waals surface area contributed by atoms with E-state index in [1.807, 2.05) is 44.2 Å². The van der Waals surface area contributed by atoms with Crippen molar-refractivity contribution in [3.63, 3.8) is 0 Å². The maximum absolute atomic E-state index is 11.9. The van der Waals surface area contributed by atoms with Crippen LogP contribution in [-0.4, -0.2) is 45.0 Å². The van der Waals surface area contributed by atoms with Crippen LogP contribution in [0.3, 0.4) is 0 Å². The molecule has 0 aliphatic heterocycles. The lowest BCUT2D eigenvalue weighted by atomic mass is 10.1. The van der Waals surface area contributed by atoms with Crippen LogP contribution in [0.25, 0.3) is 0 Å². The Morgan fingerprint density at radius 1 is 1.00 bits per heavy atom. The van der Waals surface area contributed by atoms with Crippen molar-refractivity contribution in [1.82, 2.24) is 5.32 Å². The van der Waals surface area contributed by atoms with Crippen LogP contribution in [0.1, 0.15) is 16.7 Å². The van der Waals surface area contributed by atoms with Gasteiger partial charge in [-0.25, -0.2) is 0 Å². The third-order valence-corrected chi connectivity index (χ3v) is 5.37. The summed E-state index contributed by atoms with van der Waals surface area (Å²) in [5, 5.41) is 2.75. The second-order valence-electron chi connectivity index (χ2n) is 6.51. The first-order chi connectivity index (χ1) is 13.9. The molecule has 0 atom stereocenters. The van der Waals surface area contributed by atoms with E-state index in [2.05, 4.69) is 11.4 Å². The zero-order valence-corrected chi connectivity index (χ0v) is 18.1. The molecule has 29 heavy (non-hydrogen) atoms. The van der Waals surface area contributed by atoms with Gasteiger partial charge in [0.15, 0.2) is 18.1 Å². The van der Waals surface area contributed by atoms with E-state index in [9.17, 15) is 9.59 Å². The largest absolute Gasteiger partial charge is 0.493 e. The standard InChI is InChI=1S/C22H27NO5S/c1-15-5-8-20(16(2)11-15)29-14-22(25)28-13-21(24)23-10-9-17-6-7-18(26-3)19(12-17)27-4/h5-8,11-12H,9-10,13-14H2,1-4H3,(H,23,24). The van der Waals surface area contributed by atoms with Crippen molar-refractivity contribution in [3.8, 4) is 11.5 Å². The molecule has 156 valence electrons.